The van der Waals surface area contributed by atoms with Crippen molar-refractivity contribution in [3.05, 3.63) is 70.9 Å². The molecule has 0 saturated carbocycles. The Labute approximate surface area is 186 Å². The summed E-state index contributed by atoms with van der Waals surface area (Å²) >= 11 is 0. The summed E-state index contributed by atoms with van der Waals surface area (Å²) in [5, 5.41) is 0.831. The summed E-state index contributed by atoms with van der Waals surface area (Å²) in [7, 11) is 5.58. The van der Waals surface area contributed by atoms with Gasteiger partial charge in [0.15, 0.2) is 5.92 Å². The number of fused-ring (bicyclic) bond motifs is 1. The van der Waals surface area contributed by atoms with Gasteiger partial charge in [-0.2, -0.15) is 0 Å². The summed E-state index contributed by atoms with van der Waals surface area (Å²) in [5.74, 6) is -3.62. The number of nitrogens with zero attached hydrogens (tertiary/aromatic N) is 1. The Hall–Kier alpha value is -3.61. The fraction of sp³-hybridized carbons (Fsp3) is 0.320. The second-order valence-corrected chi connectivity index (χ2v) is 7.60. The number of ether oxygens (including phenoxy) is 3. The zero-order valence-electron chi connectivity index (χ0n) is 18.9. The molecule has 0 N–H and O–H groups in total. The van der Waals surface area contributed by atoms with Crippen LogP contribution in [-0.2, 0) is 35.6 Å². The lowest BCUT2D eigenvalue weighted by atomic mass is 9.83. The second kappa shape index (κ2) is 9.68. The molecule has 0 radical (unpaired) electrons. The van der Waals surface area contributed by atoms with Crippen molar-refractivity contribution in [3.8, 4) is 0 Å². The number of hydrogen-bond acceptors (Lipinski definition) is 6. The molecule has 1 heterocycles. The first kappa shape index (κ1) is 23.1. The third kappa shape index (κ3) is 4.23. The van der Waals surface area contributed by atoms with Gasteiger partial charge in [-0.3, -0.25) is 14.4 Å². The summed E-state index contributed by atoms with van der Waals surface area (Å²) in [6.45, 7) is 1.98. The van der Waals surface area contributed by atoms with E-state index in [1.54, 1.807) is 11.6 Å². The van der Waals surface area contributed by atoms with Crippen LogP contribution in [0.1, 0.15) is 40.6 Å². The zero-order valence-corrected chi connectivity index (χ0v) is 18.9. The number of rotatable bonds is 7. The summed E-state index contributed by atoms with van der Waals surface area (Å²) < 4.78 is 16.7. The van der Waals surface area contributed by atoms with Gasteiger partial charge in [-0.05, 0) is 24.1 Å². The topological polar surface area (TPSA) is 83.8 Å². The quantitative estimate of drug-likeness (QED) is 0.319. The van der Waals surface area contributed by atoms with Crippen molar-refractivity contribution in [2.45, 2.75) is 25.2 Å². The first-order valence-corrected chi connectivity index (χ1v) is 10.2. The molecule has 3 aromatic rings. The molecule has 0 aliphatic rings. The highest BCUT2D eigenvalue weighted by Gasteiger charge is 2.39. The minimum absolute atomic E-state index is 0.0373. The van der Waals surface area contributed by atoms with Crippen molar-refractivity contribution in [3.63, 3.8) is 0 Å². The molecule has 0 spiro atoms. The van der Waals surface area contributed by atoms with Gasteiger partial charge in [0.25, 0.3) is 0 Å². The van der Waals surface area contributed by atoms with E-state index in [9.17, 15) is 14.4 Å². The van der Waals surface area contributed by atoms with Crippen molar-refractivity contribution in [2.75, 3.05) is 21.3 Å². The van der Waals surface area contributed by atoms with Gasteiger partial charge in [0, 0.05) is 29.6 Å². The largest absolute Gasteiger partial charge is 0.469 e. The summed E-state index contributed by atoms with van der Waals surface area (Å²) in [6, 6.07) is 15.4. The lowest BCUT2D eigenvalue weighted by molar-refractivity contribution is -0.154. The Bertz CT molecular complexity index is 1130. The van der Waals surface area contributed by atoms with E-state index >= 15 is 0 Å². The number of carbonyl (C=O) groups is 3. The molecule has 1 aromatic heterocycles. The fourth-order valence-corrected chi connectivity index (χ4v) is 4.15. The average Bonchev–Trinajstić information content (AvgIpc) is 3.10. The van der Waals surface area contributed by atoms with E-state index < -0.39 is 29.7 Å². The van der Waals surface area contributed by atoms with Gasteiger partial charge in [-0.15, -0.1) is 0 Å². The molecule has 1 unspecified atom stereocenters. The number of carbonyl (C=O) groups excluding carboxylic acids is 3. The van der Waals surface area contributed by atoms with E-state index in [0.717, 1.165) is 22.0 Å². The lowest BCUT2D eigenvalue weighted by Gasteiger charge is -2.22. The van der Waals surface area contributed by atoms with Gasteiger partial charge in [0.1, 0.15) is 0 Å². The van der Waals surface area contributed by atoms with Gasteiger partial charge < -0.3 is 18.8 Å². The molecule has 0 bridgehead atoms. The molecule has 32 heavy (non-hydrogen) atoms. The number of esters is 3. The predicted molar refractivity (Wildman–Crippen MR) is 119 cm³/mol. The van der Waals surface area contributed by atoms with Crippen LogP contribution in [0.25, 0.3) is 10.9 Å². The molecule has 3 rings (SSSR count). The van der Waals surface area contributed by atoms with E-state index in [-0.39, 0.29) is 6.42 Å². The van der Waals surface area contributed by atoms with Crippen LogP contribution < -0.4 is 0 Å². The highest BCUT2D eigenvalue weighted by atomic mass is 16.5. The number of hydrogen-bond donors (Lipinski definition) is 0. The van der Waals surface area contributed by atoms with Gasteiger partial charge >= 0.3 is 17.9 Å². The second-order valence-electron chi connectivity index (χ2n) is 7.60. The van der Waals surface area contributed by atoms with E-state index in [0.29, 0.717) is 11.3 Å². The van der Waals surface area contributed by atoms with Crippen LogP contribution in [0.2, 0.25) is 0 Å². The van der Waals surface area contributed by atoms with Crippen molar-refractivity contribution in [1.29, 1.82) is 0 Å². The van der Waals surface area contributed by atoms with E-state index in [4.69, 9.17) is 14.2 Å². The predicted octanol–water partition coefficient (Wildman–Crippen LogP) is 3.61. The summed E-state index contributed by atoms with van der Waals surface area (Å²) in [5.41, 5.74) is 3.88. The van der Waals surface area contributed by atoms with Crippen LogP contribution in [-0.4, -0.2) is 43.8 Å². The smallest absolute Gasteiger partial charge is 0.326 e. The highest BCUT2D eigenvalue weighted by molar-refractivity contribution is 6.03. The average molecular weight is 437 g/mol. The Balaban J connectivity index is 2.38. The summed E-state index contributed by atoms with van der Waals surface area (Å²) in [6.07, 6.45) is 0.0373. The van der Waals surface area contributed by atoms with Crippen LogP contribution in [0, 0.1) is 6.92 Å². The molecule has 7 heteroatoms. The summed E-state index contributed by atoms with van der Waals surface area (Å²) in [4.78, 5) is 37.9. The van der Waals surface area contributed by atoms with Crippen LogP contribution in [0.15, 0.2) is 48.5 Å². The maximum atomic E-state index is 12.7. The fourth-order valence-electron chi connectivity index (χ4n) is 4.15. The SMILES string of the molecule is COC(=O)CC(c1ccc(C)cc1)c1c(C(C(=O)OC)C(=O)OC)n(C)c2ccccc12. The molecule has 168 valence electrons. The Morgan fingerprint density at radius 1 is 0.875 bits per heavy atom. The standard InChI is InChI=1S/C25H27NO6/c1-15-10-12-16(13-11-15)18(14-20(27)30-3)21-17-8-6-7-9-19(17)26(2)23(21)22(24(28)31-4)25(29)32-5/h6-13,18,22H,14H2,1-5H3. The molecule has 0 aliphatic heterocycles. The molecular formula is C25H27NO6. The number of para-hydroxylation sites is 1. The minimum Gasteiger partial charge on any atom is -0.469 e. The normalized spacial score (nSPS) is 11.9. The highest BCUT2D eigenvalue weighted by Crippen LogP contribution is 2.41. The molecule has 1 atom stereocenters. The number of aryl methyl sites for hydroxylation is 2. The molecule has 0 aliphatic carbocycles. The molecule has 0 amide bonds. The first-order valence-electron chi connectivity index (χ1n) is 10.2. The van der Waals surface area contributed by atoms with Crippen LogP contribution in [0.5, 0.6) is 0 Å². The molecule has 0 fully saturated rings. The van der Waals surface area contributed by atoms with Crippen LogP contribution in [0.3, 0.4) is 0 Å². The van der Waals surface area contributed by atoms with Crippen molar-refractivity contribution in [1.82, 2.24) is 4.57 Å². The van der Waals surface area contributed by atoms with Gasteiger partial charge in [-0.1, -0.05) is 48.0 Å². The molecular weight excluding hydrogens is 410 g/mol. The molecule has 2 aromatic carbocycles. The monoisotopic (exact) mass is 437 g/mol. The Kier molecular flexibility index (Phi) is 6.98. The third-order valence-corrected chi connectivity index (χ3v) is 5.77. The molecule has 7 nitrogen and oxygen atoms in total. The van der Waals surface area contributed by atoms with Gasteiger partial charge in [0.05, 0.1) is 27.8 Å². The van der Waals surface area contributed by atoms with E-state index in [1.165, 1.54) is 21.3 Å². The maximum Gasteiger partial charge on any atom is 0.326 e. The first-order chi connectivity index (χ1) is 15.3. The zero-order chi connectivity index (χ0) is 23.4. The third-order valence-electron chi connectivity index (χ3n) is 5.77. The minimum atomic E-state index is -1.30. The van der Waals surface area contributed by atoms with Crippen molar-refractivity contribution < 1.29 is 28.6 Å². The number of aromatic nitrogens is 1. The van der Waals surface area contributed by atoms with Gasteiger partial charge in [-0.25, -0.2) is 0 Å². The number of benzene rings is 2. The van der Waals surface area contributed by atoms with E-state index in [2.05, 4.69) is 0 Å². The van der Waals surface area contributed by atoms with Crippen molar-refractivity contribution >= 4 is 28.8 Å². The lowest BCUT2D eigenvalue weighted by Crippen LogP contribution is -2.28. The molecule has 0 saturated heterocycles. The van der Waals surface area contributed by atoms with E-state index in [1.807, 2.05) is 55.5 Å². The van der Waals surface area contributed by atoms with Gasteiger partial charge in [0.2, 0.25) is 0 Å². The number of methoxy groups -OCH3 is 3. The Morgan fingerprint density at radius 2 is 1.47 bits per heavy atom. The Morgan fingerprint density at radius 3 is 2.03 bits per heavy atom. The van der Waals surface area contributed by atoms with Crippen LogP contribution in [0.4, 0.5) is 0 Å². The van der Waals surface area contributed by atoms with Crippen molar-refractivity contribution in [2.24, 2.45) is 7.05 Å². The van der Waals surface area contributed by atoms with Crippen LogP contribution >= 0.6 is 0 Å². The maximum absolute atomic E-state index is 12.7.